The minimum atomic E-state index is -1.000. The zero-order chi connectivity index (χ0) is 23.2. The molecule has 2 N–H and O–H groups in total. The maximum atomic E-state index is 13.8. The molecule has 2 aliphatic rings. The van der Waals surface area contributed by atoms with Crippen molar-refractivity contribution in [2.45, 2.75) is 45.6 Å². The van der Waals surface area contributed by atoms with Crippen LogP contribution in [-0.4, -0.2) is 45.3 Å². The van der Waals surface area contributed by atoms with E-state index in [1.807, 2.05) is 13.8 Å². The van der Waals surface area contributed by atoms with Crippen molar-refractivity contribution in [3.63, 3.8) is 0 Å². The summed E-state index contributed by atoms with van der Waals surface area (Å²) < 4.78 is 34.0. The van der Waals surface area contributed by atoms with Gasteiger partial charge in [-0.25, -0.2) is 8.78 Å². The summed E-state index contributed by atoms with van der Waals surface area (Å²) in [6.07, 6.45) is 1.46. The second-order valence-electron chi connectivity index (χ2n) is 8.09. The molecule has 1 aromatic heterocycles. The second kappa shape index (κ2) is 9.92. The van der Waals surface area contributed by atoms with E-state index in [1.165, 1.54) is 16.8 Å². The first-order valence-corrected chi connectivity index (χ1v) is 10.4. The molecule has 33 heavy (non-hydrogen) atoms. The Balaban J connectivity index is 0.00000204. The summed E-state index contributed by atoms with van der Waals surface area (Å²) in [5, 5.41) is 12.9. The first-order chi connectivity index (χ1) is 15.2. The van der Waals surface area contributed by atoms with Gasteiger partial charge in [-0.05, 0) is 12.0 Å². The minimum absolute atomic E-state index is 0. The smallest absolute Gasteiger partial charge is 1.00 e. The van der Waals surface area contributed by atoms with E-state index in [0.717, 1.165) is 12.5 Å². The second-order valence-corrected chi connectivity index (χ2v) is 8.09. The van der Waals surface area contributed by atoms with E-state index in [9.17, 15) is 28.3 Å². The van der Waals surface area contributed by atoms with E-state index in [2.05, 4.69) is 5.32 Å². The molecular formula is C22H24F2N3NaO5. The molecule has 4 rings (SSSR count). The summed E-state index contributed by atoms with van der Waals surface area (Å²) >= 11 is 0. The Labute approximate surface area is 212 Å². The van der Waals surface area contributed by atoms with Crippen molar-refractivity contribution in [3.05, 3.63) is 63.1 Å². The summed E-state index contributed by atoms with van der Waals surface area (Å²) in [6.45, 7) is 4.21. The predicted octanol–water partition coefficient (Wildman–Crippen LogP) is -0.895. The number of aromatic hydroxyl groups is 1. The van der Waals surface area contributed by atoms with Crippen LogP contribution in [0.5, 0.6) is 5.75 Å². The number of nitrogens with zero attached hydrogens (tertiary/aromatic N) is 2. The molecule has 172 valence electrons. The number of nitrogens with one attached hydrogen (secondary N) is 1. The third-order valence-corrected chi connectivity index (χ3v) is 6.17. The molecule has 3 atom stereocenters. The molecule has 0 unspecified atom stereocenters. The number of hydrogen-bond acceptors (Lipinski definition) is 5. The largest absolute Gasteiger partial charge is 1.00 e. The van der Waals surface area contributed by atoms with Crippen LogP contribution >= 0.6 is 0 Å². The van der Waals surface area contributed by atoms with Gasteiger partial charge >= 0.3 is 29.6 Å². The molecule has 2 aliphatic heterocycles. The molecule has 8 nitrogen and oxygen atoms in total. The van der Waals surface area contributed by atoms with Gasteiger partial charge in [0.05, 0.1) is 19.2 Å². The van der Waals surface area contributed by atoms with Crippen LogP contribution in [0.4, 0.5) is 8.78 Å². The van der Waals surface area contributed by atoms with Gasteiger partial charge in [-0.3, -0.25) is 14.4 Å². The summed E-state index contributed by atoms with van der Waals surface area (Å²) in [4.78, 5) is 39.9. The van der Waals surface area contributed by atoms with Gasteiger partial charge in [0.2, 0.25) is 5.43 Å². The van der Waals surface area contributed by atoms with E-state index < -0.39 is 46.4 Å². The maximum Gasteiger partial charge on any atom is 1.00 e. The third kappa shape index (κ3) is 4.57. The van der Waals surface area contributed by atoms with Crippen LogP contribution in [0, 0.1) is 17.6 Å². The van der Waals surface area contributed by atoms with Crippen molar-refractivity contribution in [1.29, 1.82) is 0 Å². The fraction of sp³-hybridized carbons (Fsp3) is 0.409. The van der Waals surface area contributed by atoms with Crippen LogP contribution in [0.1, 0.15) is 48.1 Å². The Kier molecular flexibility index (Phi) is 7.62. The molecule has 2 aromatic rings. The molecule has 0 saturated carbocycles. The molecule has 3 heterocycles. The number of hydrogen-bond donors (Lipinski definition) is 2. The van der Waals surface area contributed by atoms with Gasteiger partial charge in [-0.1, -0.05) is 26.3 Å². The van der Waals surface area contributed by atoms with Gasteiger partial charge in [0, 0.05) is 24.4 Å². The normalized spacial score (nSPS) is 20.0. The fourth-order valence-corrected chi connectivity index (χ4v) is 4.12. The number of ether oxygens (including phenoxy) is 1. The number of fused-ring (bicyclic) bond motifs is 2. The number of pyridine rings is 1. The Bertz CT molecular complexity index is 1160. The Hall–Kier alpha value is -2.27. The van der Waals surface area contributed by atoms with Crippen molar-refractivity contribution in [3.8, 4) is 5.75 Å². The number of aromatic nitrogens is 1. The SMILES string of the molecule is CC[C@H](C)[C@H]1CO[C@@H]2Cn3cc(C(=O)NCc4ccc(F)cc4F)c(=O)c(O)c3C(=O)N12.[H-].[Na+]. The Morgan fingerprint density at radius 3 is 2.76 bits per heavy atom. The van der Waals surface area contributed by atoms with E-state index >= 15 is 0 Å². The van der Waals surface area contributed by atoms with Gasteiger partial charge < -0.3 is 26.1 Å². The average molecular weight is 471 g/mol. The van der Waals surface area contributed by atoms with Crippen LogP contribution in [0.15, 0.2) is 29.2 Å². The standard InChI is InChI=1S/C22H23F2N3O5.Na.H/c1-3-11(2)16-10-32-17-9-26-8-14(19(28)20(29)18(26)22(31)27(16)17)21(30)25-7-12-4-5-13(23)6-15(12)24;;/h4-6,8,11,16-17,29H,3,7,9-10H2,1-2H3,(H,25,30);;/q;+1;-1/t11-,16+,17+;;/m0../s1. The van der Waals surface area contributed by atoms with Gasteiger partial charge in [-0.2, -0.15) is 0 Å². The van der Waals surface area contributed by atoms with Gasteiger partial charge in [-0.15, -0.1) is 0 Å². The molecule has 11 heteroatoms. The zero-order valence-corrected chi connectivity index (χ0v) is 20.6. The van der Waals surface area contributed by atoms with E-state index in [0.29, 0.717) is 12.7 Å². The number of halogens is 2. The number of rotatable bonds is 5. The van der Waals surface area contributed by atoms with E-state index in [4.69, 9.17) is 4.74 Å². The summed E-state index contributed by atoms with van der Waals surface area (Å²) in [7, 11) is 0. The topological polar surface area (TPSA) is 101 Å². The van der Waals surface area contributed by atoms with Crippen LogP contribution in [0.3, 0.4) is 0 Å². The van der Waals surface area contributed by atoms with Crippen molar-refractivity contribution in [2.75, 3.05) is 6.61 Å². The minimum Gasteiger partial charge on any atom is -1.00 e. The van der Waals surface area contributed by atoms with E-state index in [1.54, 1.807) is 4.90 Å². The Morgan fingerprint density at radius 1 is 1.36 bits per heavy atom. The maximum absolute atomic E-state index is 13.8. The van der Waals surface area contributed by atoms with Crippen LogP contribution in [-0.2, 0) is 17.8 Å². The van der Waals surface area contributed by atoms with Gasteiger partial charge in [0.25, 0.3) is 11.8 Å². The number of carbonyl (C=O) groups excluding carboxylic acids is 2. The molecule has 1 saturated heterocycles. The molecule has 1 fully saturated rings. The zero-order valence-electron chi connectivity index (χ0n) is 19.6. The van der Waals surface area contributed by atoms with Gasteiger partial charge in [0.15, 0.2) is 17.7 Å². The van der Waals surface area contributed by atoms with Crippen molar-refractivity contribution in [1.82, 2.24) is 14.8 Å². The molecule has 1 aromatic carbocycles. The molecule has 0 aliphatic carbocycles. The predicted molar refractivity (Wildman–Crippen MR) is 110 cm³/mol. The van der Waals surface area contributed by atoms with Crippen LogP contribution in [0.25, 0.3) is 0 Å². The van der Waals surface area contributed by atoms with Crippen molar-refractivity contribution >= 4 is 11.8 Å². The first-order valence-electron chi connectivity index (χ1n) is 10.4. The van der Waals surface area contributed by atoms with Crippen molar-refractivity contribution in [2.24, 2.45) is 5.92 Å². The average Bonchev–Trinajstić information content (AvgIpc) is 3.19. The first kappa shape index (κ1) is 25.4. The van der Waals surface area contributed by atoms with E-state index in [-0.39, 0.29) is 67.3 Å². The van der Waals surface area contributed by atoms with Crippen molar-refractivity contribution < 1.29 is 59.2 Å². The third-order valence-electron chi connectivity index (χ3n) is 6.17. The quantitative estimate of drug-likeness (QED) is 0.551. The monoisotopic (exact) mass is 471 g/mol. The molecule has 0 radical (unpaired) electrons. The number of carbonyl (C=O) groups is 2. The Morgan fingerprint density at radius 2 is 2.09 bits per heavy atom. The molecular weight excluding hydrogens is 447 g/mol. The van der Waals surface area contributed by atoms with Gasteiger partial charge in [0.1, 0.15) is 17.2 Å². The number of benzene rings is 1. The summed E-state index contributed by atoms with van der Waals surface area (Å²) in [6, 6.07) is 2.75. The van der Waals surface area contributed by atoms with Crippen LogP contribution < -0.4 is 40.3 Å². The summed E-state index contributed by atoms with van der Waals surface area (Å²) in [5.74, 6) is -3.62. The molecule has 0 bridgehead atoms. The fourth-order valence-electron chi connectivity index (χ4n) is 4.12. The van der Waals surface area contributed by atoms with Crippen LogP contribution in [0.2, 0.25) is 0 Å². The number of amides is 2. The molecule has 0 spiro atoms. The summed E-state index contributed by atoms with van der Waals surface area (Å²) in [5.41, 5.74) is -1.55. The molecule has 2 amide bonds.